The highest BCUT2D eigenvalue weighted by Crippen LogP contribution is 2.61. The summed E-state index contributed by atoms with van der Waals surface area (Å²) >= 11 is 0. The molecule has 0 radical (unpaired) electrons. The largest absolute Gasteiger partial charge is 0.504 e. The van der Waals surface area contributed by atoms with Gasteiger partial charge >= 0.3 is 29.8 Å². The van der Waals surface area contributed by atoms with Gasteiger partial charge in [0.1, 0.15) is 12.7 Å². The number of phenols is 15. The van der Waals surface area contributed by atoms with Gasteiger partial charge in [0.15, 0.2) is 75.8 Å². The van der Waals surface area contributed by atoms with Crippen LogP contribution in [0.1, 0.15) is 69.9 Å². The smallest absolute Gasteiger partial charge is 0.340 e. The van der Waals surface area contributed by atoms with E-state index in [2.05, 4.69) is 0 Å². The van der Waals surface area contributed by atoms with E-state index in [-0.39, 0.29) is 0 Å². The molecule has 0 amide bonds. The van der Waals surface area contributed by atoms with Crippen LogP contribution in [0.2, 0.25) is 0 Å². The highest BCUT2D eigenvalue weighted by molar-refractivity contribution is 6.16. The number of esters is 5. The molecular weight excluding hydrogens is 920 g/mol. The number of hydrogen-bond donors (Lipinski definition) is 16. The molecule has 0 saturated carbocycles. The van der Waals surface area contributed by atoms with Crippen LogP contribution in [0, 0.1) is 0 Å². The van der Waals surface area contributed by atoms with Gasteiger partial charge in [0.2, 0.25) is 28.7 Å². The quantitative estimate of drug-likeness (QED) is 0.0597. The molecule has 5 aromatic carbocycles. The third-order valence-electron chi connectivity index (χ3n) is 11.7. The second-order valence-electron chi connectivity index (χ2n) is 15.4. The summed E-state index contributed by atoms with van der Waals surface area (Å²) in [5.74, 6) is -31.8. The molecular formula is C42H28O26. The summed E-state index contributed by atoms with van der Waals surface area (Å²) in [6, 6.07) is 1.12. The summed E-state index contributed by atoms with van der Waals surface area (Å²) in [5, 5.41) is 177. The number of fused-ring (bicyclic) bond motifs is 13. The van der Waals surface area contributed by atoms with Gasteiger partial charge in [-0.15, -0.1) is 0 Å². The van der Waals surface area contributed by atoms with Crippen molar-refractivity contribution >= 4 is 29.8 Å². The van der Waals surface area contributed by atoms with Crippen molar-refractivity contribution in [2.45, 2.75) is 36.9 Å². The molecule has 5 aromatic rings. The number of cyclic esters (lactones) is 1. The first-order chi connectivity index (χ1) is 32.0. The van der Waals surface area contributed by atoms with Gasteiger partial charge < -0.3 is 105 Å². The Morgan fingerprint density at radius 2 is 0.706 bits per heavy atom. The average Bonchev–Trinajstić information content (AvgIpc) is 3.43. The van der Waals surface area contributed by atoms with Crippen molar-refractivity contribution in [3.63, 3.8) is 0 Å². The lowest BCUT2D eigenvalue weighted by molar-refractivity contribution is -0.135. The van der Waals surface area contributed by atoms with Crippen LogP contribution in [-0.2, 0) is 23.7 Å². The van der Waals surface area contributed by atoms with Crippen molar-refractivity contribution in [2.75, 3.05) is 6.61 Å². The van der Waals surface area contributed by atoms with Gasteiger partial charge in [0.05, 0.1) is 33.9 Å². The molecule has 68 heavy (non-hydrogen) atoms. The topological polar surface area (TPSA) is 455 Å². The highest BCUT2D eigenvalue weighted by Gasteiger charge is 2.52. The molecule has 5 atom stereocenters. The molecule has 0 fully saturated rings. The first-order valence-electron chi connectivity index (χ1n) is 19.1. The van der Waals surface area contributed by atoms with Gasteiger partial charge in [0.25, 0.3) is 0 Å². The van der Waals surface area contributed by atoms with Crippen LogP contribution in [-0.4, -0.2) is 143 Å². The number of aromatic hydroxyl groups is 15. The van der Waals surface area contributed by atoms with E-state index in [1.807, 2.05) is 0 Å². The van der Waals surface area contributed by atoms with Crippen molar-refractivity contribution in [1.29, 1.82) is 0 Å². The standard InChI is InChI=1S/C42H28O26/c43-9-4-13-36-37-14(5-64-38(59)6-1-10(44)24(47)27(50)15(6)16-7(40(61)67-37)2-11(45)25(48)28(16)51)66-39(60)8-3-12(46)26(49)29(52)17(8)19-23(42(63)68-36)21(33(56)35(58)31(19)54)20-22(41(62)65-13)18(9)30(53)34(57)32(20)55/h1-3,9,13-14,36-37,43-58H,4-5H2/t9-,13?,14?,36?,37?/m1/s1. The summed E-state index contributed by atoms with van der Waals surface area (Å²) < 4.78 is 28.2. The van der Waals surface area contributed by atoms with Gasteiger partial charge in [-0.2, -0.15) is 0 Å². The molecule has 0 saturated heterocycles. The Morgan fingerprint density at radius 1 is 0.353 bits per heavy atom. The van der Waals surface area contributed by atoms with Crippen LogP contribution in [0.5, 0.6) is 86.2 Å². The number of hydrogen-bond acceptors (Lipinski definition) is 26. The van der Waals surface area contributed by atoms with Gasteiger partial charge in [-0.3, -0.25) is 0 Å². The lowest BCUT2D eigenvalue weighted by atomic mass is 9.83. The van der Waals surface area contributed by atoms with Crippen LogP contribution in [0.4, 0.5) is 0 Å². The number of aliphatic hydroxyl groups excluding tert-OH is 1. The second-order valence-corrected chi connectivity index (χ2v) is 15.4. The van der Waals surface area contributed by atoms with Crippen LogP contribution in [0.15, 0.2) is 18.2 Å². The molecule has 352 valence electrons. The minimum Gasteiger partial charge on any atom is -0.504 e. The van der Waals surface area contributed by atoms with Crippen LogP contribution >= 0.6 is 0 Å². The molecule has 4 heterocycles. The van der Waals surface area contributed by atoms with E-state index in [0.717, 1.165) is 0 Å². The van der Waals surface area contributed by atoms with Crippen LogP contribution in [0.25, 0.3) is 33.4 Å². The lowest BCUT2D eigenvalue weighted by Gasteiger charge is -2.36. The number of benzene rings is 5. The van der Waals surface area contributed by atoms with E-state index < -0.39 is 226 Å². The Morgan fingerprint density at radius 3 is 1.22 bits per heavy atom. The molecule has 16 N–H and O–H groups in total. The fourth-order valence-corrected chi connectivity index (χ4v) is 8.58. The van der Waals surface area contributed by atoms with E-state index in [1.165, 1.54) is 0 Å². The van der Waals surface area contributed by atoms with E-state index in [9.17, 15) is 101 Å². The number of rotatable bonds is 0. The lowest BCUT2D eigenvalue weighted by Crippen LogP contribution is -2.53. The van der Waals surface area contributed by atoms with Crippen molar-refractivity contribution in [1.82, 2.24) is 0 Å². The van der Waals surface area contributed by atoms with Gasteiger partial charge in [0, 0.05) is 45.4 Å². The van der Waals surface area contributed by atoms with Crippen molar-refractivity contribution in [3.8, 4) is 120 Å². The molecule has 4 aliphatic rings. The van der Waals surface area contributed by atoms with E-state index in [1.54, 1.807) is 0 Å². The zero-order chi connectivity index (χ0) is 49.4. The summed E-state index contributed by atoms with van der Waals surface area (Å²) in [5.41, 5.74) is -14.7. The molecule has 26 nitrogen and oxygen atoms in total. The minimum atomic E-state index is -2.68. The Labute approximate surface area is 373 Å². The third-order valence-corrected chi connectivity index (χ3v) is 11.7. The normalized spacial score (nSPS) is 20.6. The summed E-state index contributed by atoms with van der Waals surface area (Å²) in [6.07, 6.45) is -13.6. The van der Waals surface area contributed by atoms with Gasteiger partial charge in [-0.25, -0.2) is 24.0 Å². The first-order valence-corrected chi connectivity index (χ1v) is 19.1. The molecule has 9 rings (SSSR count). The van der Waals surface area contributed by atoms with Gasteiger partial charge in [-0.05, 0) is 18.2 Å². The Balaban J connectivity index is 1.43. The fourth-order valence-electron chi connectivity index (χ4n) is 8.58. The van der Waals surface area contributed by atoms with E-state index >= 15 is 4.79 Å². The Kier molecular flexibility index (Phi) is 9.45. The SMILES string of the molecule is O=C1OCC2OC(=O)c3cc(O)c(O)c(O)c3-c3c(O)c(O)c(O)c4c3C(=O)OC(C3C[C@@H](O)c5c(O)c(O)c(O)c-4c5C(=O)O3)C2OC(=O)c2cc(O)c(O)c(O)c2-c2c1cc(O)c(O)c2O. The number of phenolic OH excluding ortho intramolecular Hbond substituents is 15. The maximum atomic E-state index is 15.1. The fraction of sp³-hybridized carbons (Fsp3) is 0.167. The highest BCUT2D eigenvalue weighted by atomic mass is 16.6. The molecule has 0 aromatic heterocycles. The number of aliphatic hydroxyl groups is 1. The third kappa shape index (κ3) is 5.89. The van der Waals surface area contributed by atoms with E-state index in [4.69, 9.17) is 23.7 Å². The molecule has 4 bridgehead atoms. The Hall–Kier alpha value is -9.59. The first kappa shape index (κ1) is 43.7. The molecule has 4 unspecified atom stereocenters. The summed E-state index contributed by atoms with van der Waals surface area (Å²) in [7, 11) is 0. The number of carbonyl (C=O) groups excluding carboxylic acids is 5. The van der Waals surface area contributed by atoms with Crippen LogP contribution < -0.4 is 0 Å². The maximum absolute atomic E-state index is 15.1. The van der Waals surface area contributed by atoms with Crippen LogP contribution in [0.3, 0.4) is 0 Å². The molecule has 4 aliphatic heterocycles. The monoisotopic (exact) mass is 948 g/mol. The zero-order valence-corrected chi connectivity index (χ0v) is 33.3. The predicted octanol–water partition coefficient (Wildman–Crippen LogP) is 1.71. The summed E-state index contributed by atoms with van der Waals surface area (Å²) in [4.78, 5) is 72.8. The number of ether oxygens (including phenoxy) is 5. The molecule has 26 heteroatoms. The Bertz CT molecular complexity index is 3210. The van der Waals surface area contributed by atoms with Crippen molar-refractivity contribution in [2.24, 2.45) is 0 Å². The molecule has 0 spiro atoms. The minimum absolute atomic E-state index is 0.335. The van der Waals surface area contributed by atoms with Gasteiger partial charge in [-0.1, -0.05) is 0 Å². The zero-order valence-electron chi connectivity index (χ0n) is 33.3. The predicted molar refractivity (Wildman–Crippen MR) is 211 cm³/mol. The van der Waals surface area contributed by atoms with E-state index in [0.29, 0.717) is 18.2 Å². The van der Waals surface area contributed by atoms with Crippen molar-refractivity contribution < 1.29 is 129 Å². The second kappa shape index (κ2) is 14.7. The summed E-state index contributed by atoms with van der Waals surface area (Å²) in [6.45, 7) is -1.47. The van der Waals surface area contributed by atoms with Crippen molar-refractivity contribution in [3.05, 3.63) is 51.6 Å². The molecule has 0 aliphatic carbocycles. The maximum Gasteiger partial charge on any atom is 0.340 e. The average molecular weight is 949 g/mol. The number of carbonyl (C=O) groups is 5.